The van der Waals surface area contributed by atoms with Crippen molar-refractivity contribution >= 4 is 27.5 Å². The van der Waals surface area contributed by atoms with Crippen molar-refractivity contribution in [3.63, 3.8) is 0 Å². The Balaban J connectivity index is 2.53. The average Bonchev–Trinajstić information content (AvgIpc) is 2.80. The standard InChI is InChI=1S/C11H12BrClFN3O8/c12-7-15-8(25-4-1-2-6(14)5(13)3-4)17(16-7)9(18,10(19,20)21)11(22,23)24/h3,18-24H,1-2H2. The van der Waals surface area contributed by atoms with Gasteiger partial charge in [0.1, 0.15) is 11.6 Å². The largest absolute Gasteiger partial charge is 0.429 e. The molecule has 0 bridgehead atoms. The van der Waals surface area contributed by atoms with Crippen molar-refractivity contribution in [1.82, 2.24) is 14.8 Å². The first-order valence-electron chi connectivity index (χ1n) is 6.39. The molecule has 1 aliphatic carbocycles. The second kappa shape index (κ2) is 6.53. The molecule has 0 amide bonds. The Morgan fingerprint density at radius 2 is 1.68 bits per heavy atom. The number of ether oxygens (including phenoxy) is 1. The van der Waals surface area contributed by atoms with E-state index >= 15 is 0 Å². The van der Waals surface area contributed by atoms with Crippen LogP contribution in [0, 0.1) is 0 Å². The fourth-order valence-electron chi connectivity index (χ4n) is 1.90. The van der Waals surface area contributed by atoms with Crippen LogP contribution >= 0.6 is 27.5 Å². The molecule has 0 aliphatic heterocycles. The smallest absolute Gasteiger partial charge is 0.337 e. The van der Waals surface area contributed by atoms with Gasteiger partial charge in [-0.25, -0.2) is 4.39 Å². The van der Waals surface area contributed by atoms with Crippen molar-refractivity contribution in [3.05, 3.63) is 27.4 Å². The lowest BCUT2D eigenvalue weighted by Gasteiger charge is -2.39. The molecular formula is C11H12BrClFN3O8. The first kappa shape index (κ1) is 20.2. The van der Waals surface area contributed by atoms with E-state index in [-0.39, 0.29) is 33.0 Å². The predicted octanol–water partition coefficient (Wildman–Crippen LogP) is -1.58. The maximum Gasteiger partial charge on any atom is 0.337 e. The van der Waals surface area contributed by atoms with Gasteiger partial charge in [-0.15, -0.1) is 5.10 Å². The van der Waals surface area contributed by atoms with E-state index in [0.29, 0.717) is 0 Å². The van der Waals surface area contributed by atoms with Gasteiger partial charge in [-0.2, -0.15) is 9.67 Å². The van der Waals surface area contributed by atoms with Crippen molar-refractivity contribution < 1.29 is 44.9 Å². The van der Waals surface area contributed by atoms with E-state index in [0.717, 1.165) is 6.08 Å². The van der Waals surface area contributed by atoms with Gasteiger partial charge in [0.2, 0.25) is 4.73 Å². The van der Waals surface area contributed by atoms with Gasteiger partial charge < -0.3 is 40.5 Å². The Labute approximate surface area is 151 Å². The van der Waals surface area contributed by atoms with Crippen LogP contribution in [0.25, 0.3) is 0 Å². The lowest BCUT2D eigenvalue weighted by atomic mass is 10.1. The normalized spacial score (nSPS) is 17.0. The van der Waals surface area contributed by atoms with Gasteiger partial charge in [0, 0.05) is 12.8 Å². The SMILES string of the molecule is OC(O)(O)C(O)(n1nc(Br)nc1OC1=CC(Cl)=C(F)CC1)C(O)(O)O. The number of allylic oxidation sites excluding steroid dienone is 4. The van der Waals surface area contributed by atoms with Crippen LogP contribution in [0.3, 0.4) is 0 Å². The van der Waals surface area contributed by atoms with E-state index in [1.165, 1.54) is 0 Å². The van der Waals surface area contributed by atoms with Crippen LogP contribution in [-0.4, -0.2) is 62.5 Å². The highest BCUT2D eigenvalue weighted by Gasteiger charge is 2.66. The summed E-state index contributed by atoms with van der Waals surface area (Å²) in [6.07, 6.45) is 0.911. The van der Waals surface area contributed by atoms with Gasteiger partial charge in [0.25, 0.3) is 0 Å². The van der Waals surface area contributed by atoms with Crippen LogP contribution in [0.4, 0.5) is 4.39 Å². The minimum Gasteiger partial charge on any atom is -0.429 e. The third-order valence-electron chi connectivity index (χ3n) is 3.15. The van der Waals surface area contributed by atoms with E-state index in [1.54, 1.807) is 0 Å². The number of hydrogen-bond acceptors (Lipinski definition) is 10. The van der Waals surface area contributed by atoms with Gasteiger partial charge in [-0.05, 0) is 22.0 Å². The average molecular weight is 449 g/mol. The number of aliphatic hydroxyl groups is 7. The molecule has 0 atom stereocenters. The molecule has 25 heavy (non-hydrogen) atoms. The van der Waals surface area contributed by atoms with E-state index in [1.807, 2.05) is 0 Å². The molecule has 1 aromatic rings. The third-order valence-corrected chi connectivity index (χ3v) is 3.80. The zero-order valence-electron chi connectivity index (χ0n) is 12.0. The molecule has 2 rings (SSSR count). The predicted molar refractivity (Wildman–Crippen MR) is 78.6 cm³/mol. The summed E-state index contributed by atoms with van der Waals surface area (Å²) in [7, 11) is 0. The molecule has 1 aromatic heterocycles. The van der Waals surface area contributed by atoms with Crippen LogP contribution in [0.15, 0.2) is 27.4 Å². The summed E-state index contributed by atoms with van der Waals surface area (Å²) in [6.45, 7) is 0. The van der Waals surface area contributed by atoms with E-state index in [4.69, 9.17) is 16.3 Å². The van der Waals surface area contributed by atoms with Gasteiger partial charge >= 0.3 is 23.7 Å². The quantitative estimate of drug-likeness (QED) is 0.260. The summed E-state index contributed by atoms with van der Waals surface area (Å²) in [5, 5.41) is 68.8. The van der Waals surface area contributed by atoms with E-state index in [2.05, 4.69) is 26.0 Å². The number of rotatable bonds is 5. The molecule has 1 aliphatic rings. The Bertz CT molecular complexity index is 725. The minimum absolute atomic E-state index is 0.0179. The number of aromatic nitrogens is 3. The van der Waals surface area contributed by atoms with Crippen LogP contribution in [0.5, 0.6) is 6.01 Å². The molecule has 0 radical (unpaired) electrons. The highest BCUT2D eigenvalue weighted by atomic mass is 79.9. The minimum atomic E-state index is -4.32. The van der Waals surface area contributed by atoms with Crippen LogP contribution in [-0.2, 0) is 5.72 Å². The van der Waals surface area contributed by atoms with Crippen molar-refractivity contribution in [2.24, 2.45) is 0 Å². The third kappa shape index (κ3) is 3.69. The molecule has 0 unspecified atom stereocenters. The summed E-state index contributed by atoms with van der Waals surface area (Å²) in [4.78, 5) is 3.57. The molecule has 7 N–H and O–H groups in total. The van der Waals surface area contributed by atoms with Gasteiger partial charge in [-0.3, -0.25) is 0 Å². The molecule has 1 heterocycles. The fraction of sp³-hybridized carbons (Fsp3) is 0.455. The zero-order valence-corrected chi connectivity index (χ0v) is 14.3. The first-order chi connectivity index (χ1) is 11.3. The van der Waals surface area contributed by atoms with Crippen molar-refractivity contribution in [2.75, 3.05) is 0 Å². The Morgan fingerprint density at radius 3 is 2.16 bits per heavy atom. The van der Waals surface area contributed by atoms with Crippen molar-refractivity contribution in [1.29, 1.82) is 0 Å². The lowest BCUT2D eigenvalue weighted by molar-refractivity contribution is -0.526. The molecular weight excluding hydrogens is 436 g/mol. The molecule has 0 spiro atoms. The van der Waals surface area contributed by atoms with Crippen molar-refractivity contribution in [2.45, 2.75) is 30.5 Å². The van der Waals surface area contributed by atoms with E-state index in [9.17, 15) is 40.1 Å². The van der Waals surface area contributed by atoms with Gasteiger partial charge in [-0.1, -0.05) is 11.6 Å². The zero-order chi connectivity index (χ0) is 19.2. The highest BCUT2D eigenvalue weighted by Crippen LogP contribution is 2.37. The Morgan fingerprint density at radius 1 is 1.12 bits per heavy atom. The summed E-state index contributed by atoms with van der Waals surface area (Å²) in [5.74, 6) is -9.26. The molecule has 11 nitrogen and oxygen atoms in total. The molecule has 0 aromatic carbocycles. The number of hydrogen-bond donors (Lipinski definition) is 7. The fourth-order valence-corrected chi connectivity index (χ4v) is 2.43. The first-order valence-corrected chi connectivity index (χ1v) is 7.56. The van der Waals surface area contributed by atoms with Crippen LogP contribution < -0.4 is 4.74 Å². The maximum absolute atomic E-state index is 13.2. The molecule has 140 valence electrons. The summed E-state index contributed by atoms with van der Waals surface area (Å²) in [5.41, 5.74) is -4.06. The van der Waals surface area contributed by atoms with Gasteiger partial charge in [0.15, 0.2) is 0 Å². The monoisotopic (exact) mass is 447 g/mol. The molecule has 14 heteroatoms. The highest BCUT2D eigenvalue weighted by molar-refractivity contribution is 9.10. The number of halogens is 3. The topological polar surface area (TPSA) is 182 Å². The van der Waals surface area contributed by atoms with Crippen LogP contribution in [0.1, 0.15) is 12.8 Å². The Hall–Kier alpha value is -1.16. The van der Waals surface area contributed by atoms with Gasteiger partial charge in [0.05, 0.1) is 5.03 Å². The van der Waals surface area contributed by atoms with E-state index < -0.39 is 29.5 Å². The Kier molecular flexibility index (Phi) is 5.27. The maximum atomic E-state index is 13.2. The summed E-state index contributed by atoms with van der Waals surface area (Å²) >= 11 is 8.37. The lowest BCUT2D eigenvalue weighted by Crippen LogP contribution is -2.69. The summed E-state index contributed by atoms with van der Waals surface area (Å²) < 4.78 is 17.9. The molecule has 0 saturated carbocycles. The second-order valence-electron chi connectivity index (χ2n) is 4.98. The second-order valence-corrected chi connectivity index (χ2v) is 6.10. The number of nitrogens with zero attached hydrogens (tertiary/aromatic N) is 3. The molecule has 0 fully saturated rings. The summed E-state index contributed by atoms with van der Waals surface area (Å²) in [6, 6.07) is -0.838. The molecule has 0 saturated heterocycles. The van der Waals surface area contributed by atoms with Crippen LogP contribution in [0.2, 0.25) is 0 Å². The van der Waals surface area contributed by atoms with Crippen molar-refractivity contribution in [3.8, 4) is 6.01 Å².